The van der Waals surface area contributed by atoms with Gasteiger partial charge in [0.05, 0.1) is 0 Å². The van der Waals surface area contributed by atoms with Crippen LogP contribution in [-0.4, -0.2) is 48.1 Å². The third-order valence-electron chi connectivity index (χ3n) is 6.96. The third-order valence-corrected chi connectivity index (χ3v) is 6.96. The zero-order valence-corrected chi connectivity index (χ0v) is 15.4. The molecular formula is C21H25N3O3. The Morgan fingerprint density at radius 1 is 1.19 bits per heavy atom. The van der Waals surface area contributed by atoms with E-state index in [-0.39, 0.29) is 12.0 Å². The van der Waals surface area contributed by atoms with Gasteiger partial charge in [-0.05, 0) is 61.6 Å². The number of piperidine rings is 3. The molecule has 1 amide bonds. The lowest BCUT2D eigenvalue weighted by Gasteiger charge is -2.55. The second kappa shape index (κ2) is 6.04. The molecule has 5 heterocycles. The first-order valence-corrected chi connectivity index (χ1v) is 10.3. The molecule has 1 aliphatic carbocycles. The van der Waals surface area contributed by atoms with Crippen LogP contribution in [0.1, 0.15) is 48.0 Å². The van der Waals surface area contributed by atoms with Crippen LogP contribution in [0.4, 0.5) is 0 Å². The molecule has 4 aliphatic heterocycles. The molecule has 2 aromatic rings. The lowest BCUT2D eigenvalue weighted by Crippen LogP contribution is -2.64. The van der Waals surface area contributed by atoms with Gasteiger partial charge in [-0.1, -0.05) is 0 Å². The predicted octanol–water partition coefficient (Wildman–Crippen LogP) is 2.75. The van der Waals surface area contributed by atoms with E-state index in [1.54, 1.807) is 0 Å². The number of carbonyl (C=O) groups is 1. The van der Waals surface area contributed by atoms with E-state index in [9.17, 15) is 4.79 Å². The van der Waals surface area contributed by atoms with E-state index >= 15 is 0 Å². The molecule has 3 atom stereocenters. The Balaban J connectivity index is 1.22. The maximum atomic E-state index is 12.9. The molecule has 6 heteroatoms. The van der Waals surface area contributed by atoms with Crippen LogP contribution in [-0.2, 0) is 4.74 Å². The van der Waals surface area contributed by atoms with Gasteiger partial charge in [0.25, 0.3) is 5.91 Å². The van der Waals surface area contributed by atoms with Crippen molar-refractivity contribution in [2.45, 2.75) is 37.8 Å². The highest BCUT2D eigenvalue weighted by Crippen LogP contribution is 2.43. The molecular weight excluding hydrogens is 342 g/mol. The molecule has 6 nitrogen and oxygen atoms in total. The maximum absolute atomic E-state index is 12.9. The normalized spacial score (nSPS) is 37.2. The van der Waals surface area contributed by atoms with Crippen LogP contribution >= 0.6 is 0 Å². The summed E-state index contributed by atoms with van der Waals surface area (Å²) >= 11 is 0. The minimum Gasteiger partial charge on any atom is -0.438 e. The Bertz CT molecular complexity index is 858. The number of carbonyl (C=O) groups excluding carboxylic acids is 1. The topological polar surface area (TPSA) is 67.6 Å². The lowest BCUT2D eigenvalue weighted by atomic mass is 9.65. The van der Waals surface area contributed by atoms with Gasteiger partial charge in [0.15, 0.2) is 5.58 Å². The van der Waals surface area contributed by atoms with Crippen molar-refractivity contribution < 1.29 is 13.9 Å². The summed E-state index contributed by atoms with van der Waals surface area (Å²) in [6, 6.07) is 5.89. The molecule has 0 spiro atoms. The number of rotatable bonds is 3. The number of benzene rings is 1. The molecule has 7 rings (SSSR count). The van der Waals surface area contributed by atoms with Gasteiger partial charge in [-0.2, -0.15) is 0 Å². The van der Waals surface area contributed by atoms with Gasteiger partial charge in [-0.25, -0.2) is 4.98 Å². The standard InChI is InChI=1S/C21H25N3O3/c25-20(23-19-14-6-12-7-15(19)11-24(9-12)10-14)13-3-4-16-18(8-13)27-21(22-16)17-2-1-5-26-17/h3-4,8,12,14-15,17,19H,1-2,5-7,9-11H2,(H,23,25). The average molecular weight is 367 g/mol. The number of oxazole rings is 1. The minimum atomic E-state index is -0.0438. The van der Waals surface area contributed by atoms with Gasteiger partial charge in [-0.3, -0.25) is 4.79 Å². The largest absolute Gasteiger partial charge is 0.438 e. The third kappa shape index (κ3) is 2.69. The highest BCUT2D eigenvalue weighted by atomic mass is 16.5. The monoisotopic (exact) mass is 367 g/mol. The molecule has 0 radical (unpaired) electrons. The van der Waals surface area contributed by atoms with E-state index < -0.39 is 0 Å². The Labute approximate surface area is 158 Å². The SMILES string of the molecule is O=C(NC1C2CC3CC1CN(C3)C2)c1ccc2nc(C3CCCO3)oc2c1. The molecule has 1 N–H and O–H groups in total. The summed E-state index contributed by atoms with van der Waals surface area (Å²) in [5, 5.41) is 3.35. The Kier molecular flexibility index (Phi) is 3.60. The summed E-state index contributed by atoms with van der Waals surface area (Å²) in [6.07, 6.45) is 4.48. The molecule has 1 aromatic heterocycles. The van der Waals surface area contributed by atoms with Crippen LogP contribution in [0.15, 0.2) is 22.6 Å². The van der Waals surface area contributed by atoms with Crippen molar-refractivity contribution in [3.8, 4) is 0 Å². The molecule has 5 aliphatic rings. The predicted molar refractivity (Wildman–Crippen MR) is 99.3 cm³/mol. The average Bonchev–Trinajstić information content (AvgIpc) is 3.32. The Morgan fingerprint density at radius 2 is 2.04 bits per heavy atom. The number of hydrogen-bond acceptors (Lipinski definition) is 5. The van der Waals surface area contributed by atoms with Gasteiger partial charge < -0.3 is 19.4 Å². The zero-order valence-electron chi connectivity index (χ0n) is 15.4. The summed E-state index contributed by atoms with van der Waals surface area (Å²) in [4.78, 5) is 20.1. The van der Waals surface area contributed by atoms with Crippen LogP contribution in [0.25, 0.3) is 11.1 Å². The van der Waals surface area contributed by atoms with Gasteiger partial charge in [0.2, 0.25) is 5.89 Å². The van der Waals surface area contributed by atoms with E-state index in [1.807, 2.05) is 18.2 Å². The fourth-order valence-electron chi connectivity index (χ4n) is 5.87. The van der Waals surface area contributed by atoms with Gasteiger partial charge in [0.1, 0.15) is 11.6 Å². The summed E-state index contributed by atoms with van der Waals surface area (Å²) in [5.74, 6) is 2.72. The molecule has 27 heavy (non-hydrogen) atoms. The number of nitrogens with zero attached hydrogens (tertiary/aromatic N) is 2. The number of nitrogens with one attached hydrogen (secondary N) is 1. The summed E-state index contributed by atoms with van der Waals surface area (Å²) < 4.78 is 11.6. The van der Waals surface area contributed by atoms with E-state index in [4.69, 9.17) is 9.15 Å². The molecule has 4 saturated heterocycles. The number of hydrogen-bond donors (Lipinski definition) is 1. The quantitative estimate of drug-likeness (QED) is 0.904. The number of ether oxygens (including phenoxy) is 1. The van der Waals surface area contributed by atoms with Crippen molar-refractivity contribution in [1.82, 2.24) is 15.2 Å². The molecule has 142 valence electrons. The molecule has 4 bridgehead atoms. The maximum Gasteiger partial charge on any atom is 0.251 e. The van der Waals surface area contributed by atoms with Gasteiger partial charge >= 0.3 is 0 Å². The van der Waals surface area contributed by atoms with Crippen LogP contribution in [0.5, 0.6) is 0 Å². The van der Waals surface area contributed by atoms with Crippen LogP contribution < -0.4 is 5.32 Å². The van der Waals surface area contributed by atoms with Crippen molar-refractivity contribution in [3.63, 3.8) is 0 Å². The smallest absolute Gasteiger partial charge is 0.251 e. The van der Waals surface area contributed by atoms with Crippen molar-refractivity contribution in [2.24, 2.45) is 17.8 Å². The summed E-state index contributed by atoms with van der Waals surface area (Å²) in [6.45, 7) is 4.32. The molecule has 1 saturated carbocycles. The van der Waals surface area contributed by atoms with Crippen LogP contribution in [0.3, 0.4) is 0 Å². The lowest BCUT2D eigenvalue weighted by molar-refractivity contribution is -0.0418. The number of aromatic nitrogens is 1. The first kappa shape index (κ1) is 16.1. The highest BCUT2D eigenvalue weighted by Gasteiger charge is 2.47. The van der Waals surface area contributed by atoms with E-state index in [0.29, 0.717) is 34.9 Å². The molecule has 5 fully saturated rings. The van der Waals surface area contributed by atoms with Gasteiger partial charge in [0, 0.05) is 37.8 Å². The summed E-state index contributed by atoms with van der Waals surface area (Å²) in [5.41, 5.74) is 2.12. The van der Waals surface area contributed by atoms with E-state index in [1.165, 1.54) is 19.4 Å². The highest BCUT2D eigenvalue weighted by molar-refractivity contribution is 5.97. The van der Waals surface area contributed by atoms with E-state index in [0.717, 1.165) is 44.0 Å². The fraction of sp³-hybridized carbons (Fsp3) is 0.619. The van der Waals surface area contributed by atoms with E-state index in [2.05, 4.69) is 15.2 Å². The molecule has 3 unspecified atom stereocenters. The zero-order chi connectivity index (χ0) is 18.0. The summed E-state index contributed by atoms with van der Waals surface area (Å²) in [7, 11) is 0. The Hall–Kier alpha value is -1.92. The van der Waals surface area contributed by atoms with Crippen LogP contribution in [0, 0.1) is 17.8 Å². The van der Waals surface area contributed by atoms with Crippen molar-refractivity contribution in [2.75, 3.05) is 26.2 Å². The van der Waals surface area contributed by atoms with Crippen molar-refractivity contribution in [3.05, 3.63) is 29.7 Å². The Morgan fingerprint density at radius 3 is 2.78 bits per heavy atom. The fourth-order valence-corrected chi connectivity index (χ4v) is 5.87. The first-order chi connectivity index (χ1) is 13.2. The van der Waals surface area contributed by atoms with Crippen LogP contribution in [0.2, 0.25) is 0 Å². The van der Waals surface area contributed by atoms with Crippen molar-refractivity contribution >= 4 is 17.0 Å². The minimum absolute atomic E-state index is 0.0134. The molecule has 1 aromatic carbocycles. The van der Waals surface area contributed by atoms with Crippen molar-refractivity contribution in [1.29, 1.82) is 0 Å². The number of fused-ring (bicyclic) bond motifs is 1. The second-order valence-electron chi connectivity index (χ2n) is 8.81. The van der Waals surface area contributed by atoms with Gasteiger partial charge in [-0.15, -0.1) is 0 Å². The second-order valence-corrected chi connectivity index (χ2v) is 8.81. The first-order valence-electron chi connectivity index (χ1n) is 10.3. The number of amides is 1.